The van der Waals surface area contributed by atoms with Crippen molar-refractivity contribution >= 4 is 11.6 Å². The van der Waals surface area contributed by atoms with Crippen molar-refractivity contribution < 1.29 is 21.8 Å². The van der Waals surface area contributed by atoms with Crippen LogP contribution in [0, 0.1) is 0 Å². The summed E-state index contributed by atoms with van der Waals surface area (Å²) >= 11 is 0. The molecular weight excluding hydrogens is 408 g/mol. The van der Waals surface area contributed by atoms with Crippen molar-refractivity contribution in [3.05, 3.63) is 102 Å². The second-order valence-corrected chi connectivity index (χ2v) is 7.57. The van der Waals surface area contributed by atoms with Crippen LogP contribution >= 0.6 is 0 Å². The van der Waals surface area contributed by atoms with Crippen LogP contribution in [-0.4, -0.2) is 37.2 Å². The van der Waals surface area contributed by atoms with E-state index in [1.165, 1.54) is 11.1 Å². The Kier molecular flexibility index (Phi) is 9.88. The largest absolute Gasteiger partial charge is 1.00 e. The number of amides is 1. The van der Waals surface area contributed by atoms with E-state index in [4.69, 9.17) is 0 Å². The van der Waals surface area contributed by atoms with Crippen LogP contribution in [-0.2, 0) is 17.8 Å². The summed E-state index contributed by atoms with van der Waals surface area (Å²) in [6.07, 6.45) is 4.41. The lowest BCUT2D eigenvalue weighted by Gasteiger charge is -2.23. The maximum absolute atomic E-state index is 12.5. The predicted molar refractivity (Wildman–Crippen MR) is 120 cm³/mol. The molecule has 1 aromatic heterocycles. The van der Waals surface area contributed by atoms with E-state index in [9.17, 15) is 4.79 Å². The summed E-state index contributed by atoms with van der Waals surface area (Å²) in [6.45, 7) is 1.03. The zero-order valence-electron chi connectivity index (χ0n) is 18.0. The van der Waals surface area contributed by atoms with Gasteiger partial charge in [-0.05, 0) is 25.2 Å². The van der Waals surface area contributed by atoms with E-state index in [-0.39, 0.29) is 30.8 Å². The standard InChI is InChI=1S/C25H28N4O.ClH/c1-28(2)19-23(22-14-8-4-9-15-22)24(18-21-12-6-3-7-13-21)26-27-25(30)20-29-16-10-5-11-17-29;/h3-17,23H,18-20H2,1-2H3;1H/b26-24-;. The van der Waals surface area contributed by atoms with Crippen LogP contribution in [0.15, 0.2) is 96.4 Å². The summed E-state index contributed by atoms with van der Waals surface area (Å²) in [6, 6.07) is 26.3. The molecular formula is C25H29ClN4O. The number of hydrazone groups is 1. The maximum Gasteiger partial charge on any atom is 0.305 e. The molecule has 0 aliphatic rings. The normalized spacial score (nSPS) is 12.2. The maximum atomic E-state index is 12.5. The molecule has 2 aromatic carbocycles. The highest BCUT2D eigenvalue weighted by Gasteiger charge is 2.21. The smallest absolute Gasteiger partial charge is 0.305 e. The zero-order chi connectivity index (χ0) is 21.2. The number of pyridine rings is 1. The van der Waals surface area contributed by atoms with Gasteiger partial charge in [0, 0.05) is 31.0 Å². The second-order valence-electron chi connectivity index (χ2n) is 7.57. The Hall–Kier alpha value is -3.02. The van der Waals surface area contributed by atoms with Crippen LogP contribution in [0.25, 0.3) is 0 Å². The van der Waals surface area contributed by atoms with Gasteiger partial charge in [-0.1, -0.05) is 66.7 Å². The Morgan fingerprint density at radius 3 is 2.13 bits per heavy atom. The molecule has 1 heterocycles. The number of aromatic nitrogens is 1. The molecule has 3 rings (SSSR count). The summed E-state index contributed by atoms with van der Waals surface area (Å²) < 4.78 is 1.83. The molecule has 0 saturated heterocycles. The summed E-state index contributed by atoms with van der Waals surface area (Å²) in [4.78, 5) is 14.7. The average Bonchev–Trinajstić information content (AvgIpc) is 2.77. The topological polar surface area (TPSA) is 48.6 Å². The molecule has 0 aliphatic carbocycles. The molecule has 3 aromatic rings. The summed E-state index contributed by atoms with van der Waals surface area (Å²) in [7, 11) is 4.11. The molecule has 0 radical (unpaired) electrons. The van der Waals surface area contributed by atoms with Crippen LogP contribution in [0.5, 0.6) is 0 Å². The van der Waals surface area contributed by atoms with Gasteiger partial charge in [-0.15, -0.1) is 0 Å². The van der Waals surface area contributed by atoms with Gasteiger partial charge < -0.3 is 17.3 Å². The molecule has 1 amide bonds. The zero-order valence-corrected chi connectivity index (χ0v) is 18.7. The third kappa shape index (κ3) is 7.96. The number of carbonyl (C=O) groups is 1. The van der Waals surface area contributed by atoms with Crippen molar-refractivity contribution in [3.63, 3.8) is 0 Å². The molecule has 1 atom stereocenters. The fraction of sp³-hybridized carbons (Fsp3) is 0.240. The van der Waals surface area contributed by atoms with E-state index in [0.29, 0.717) is 6.42 Å². The minimum atomic E-state index is -0.145. The Balaban J connectivity index is 0.00000341. The summed E-state index contributed by atoms with van der Waals surface area (Å²) in [5, 5.41) is 4.62. The van der Waals surface area contributed by atoms with Gasteiger partial charge in [-0.3, -0.25) is 4.79 Å². The lowest BCUT2D eigenvalue weighted by atomic mass is 9.90. The fourth-order valence-electron chi connectivity index (χ4n) is 3.37. The quantitative estimate of drug-likeness (QED) is 0.292. The van der Waals surface area contributed by atoms with Crippen molar-refractivity contribution in [1.29, 1.82) is 0 Å². The van der Waals surface area contributed by atoms with Crippen molar-refractivity contribution in [2.45, 2.75) is 18.9 Å². The molecule has 0 fully saturated rings. The third-order valence-electron chi connectivity index (χ3n) is 4.81. The Morgan fingerprint density at radius 2 is 1.52 bits per heavy atom. The van der Waals surface area contributed by atoms with Crippen molar-refractivity contribution in [2.24, 2.45) is 5.10 Å². The minimum Gasteiger partial charge on any atom is -1.00 e. The van der Waals surface area contributed by atoms with E-state index in [1.54, 1.807) is 0 Å². The van der Waals surface area contributed by atoms with Crippen molar-refractivity contribution in [1.82, 2.24) is 10.3 Å². The van der Waals surface area contributed by atoms with Gasteiger partial charge in [-0.25, -0.2) is 5.43 Å². The number of likely N-dealkylation sites (N-methyl/N-ethyl adjacent to an activating group) is 1. The molecule has 0 bridgehead atoms. The molecule has 1 N–H and O–H groups in total. The first kappa shape index (κ1) is 24.3. The number of halogens is 1. The number of rotatable bonds is 9. The van der Waals surface area contributed by atoms with E-state index >= 15 is 0 Å². The Morgan fingerprint density at radius 1 is 0.935 bits per heavy atom. The number of benzene rings is 2. The Bertz CT molecular complexity index is 947. The molecule has 0 saturated carbocycles. The molecule has 31 heavy (non-hydrogen) atoms. The van der Waals surface area contributed by atoms with Crippen molar-refractivity contribution in [3.8, 4) is 0 Å². The number of nitrogens with zero attached hydrogens (tertiary/aromatic N) is 3. The SMILES string of the molecule is CN(C)CC(/C(Cc1ccccc1)=N\NC(=O)C[n+]1ccccc1)c1ccccc1.[Cl-]. The van der Waals surface area contributed by atoms with E-state index in [2.05, 4.69) is 53.8 Å². The first-order chi connectivity index (χ1) is 14.6. The monoisotopic (exact) mass is 436 g/mol. The molecule has 5 nitrogen and oxygen atoms in total. The van der Waals surface area contributed by atoms with Crippen LogP contribution in [0.3, 0.4) is 0 Å². The lowest BCUT2D eigenvalue weighted by molar-refractivity contribution is -0.684. The van der Waals surface area contributed by atoms with Crippen LogP contribution < -0.4 is 22.4 Å². The van der Waals surface area contributed by atoms with Crippen LogP contribution in [0.1, 0.15) is 17.0 Å². The molecule has 162 valence electrons. The lowest BCUT2D eigenvalue weighted by Crippen LogP contribution is -3.00. The van der Waals surface area contributed by atoms with E-state index < -0.39 is 0 Å². The van der Waals surface area contributed by atoms with E-state index in [0.717, 1.165) is 12.3 Å². The summed E-state index contributed by atoms with van der Waals surface area (Å²) in [5.41, 5.74) is 6.08. The highest BCUT2D eigenvalue weighted by Crippen LogP contribution is 2.21. The van der Waals surface area contributed by atoms with Gasteiger partial charge >= 0.3 is 5.91 Å². The fourth-order valence-corrected chi connectivity index (χ4v) is 3.37. The van der Waals surface area contributed by atoms with Gasteiger partial charge in [-0.2, -0.15) is 9.67 Å². The van der Waals surface area contributed by atoms with E-state index in [1.807, 2.05) is 71.6 Å². The minimum absolute atomic E-state index is 0. The molecule has 1 unspecified atom stereocenters. The van der Waals surface area contributed by atoms with Crippen molar-refractivity contribution in [2.75, 3.05) is 20.6 Å². The third-order valence-corrected chi connectivity index (χ3v) is 4.81. The number of hydrogen-bond donors (Lipinski definition) is 1. The highest BCUT2D eigenvalue weighted by atomic mass is 35.5. The first-order valence-corrected chi connectivity index (χ1v) is 10.1. The van der Waals surface area contributed by atoms with Gasteiger partial charge in [0.1, 0.15) is 0 Å². The number of carbonyl (C=O) groups excluding carboxylic acids is 1. The van der Waals surface area contributed by atoms with Crippen LogP contribution in [0.2, 0.25) is 0 Å². The Labute approximate surface area is 190 Å². The average molecular weight is 437 g/mol. The first-order valence-electron chi connectivity index (χ1n) is 10.1. The number of hydrogen-bond acceptors (Lipinski definition) is 3. The van der Waals surface area contributed by atoms with Gasteiger partial charge in [0.15, 0.2) is 12.4 Å². The highest BCUT2D eigenvalue weighted by molar-refractivity contribution is 5.93. The van der Waals surface area contributed by atoms with Gasteiger partial charge in [0.2, 0.25) is 6.54 Å². The van der Waals surface area contributed by atoms with Gasteiger partial charge in [0.05, 0.1) is 5.71 Å². The molecule has 6 heteroatoms. The van der Waals surface area contributed by atoms with Gasteiger partial charge in [0.25, 0.3) is 0 Å². The molecule has 0 aliphatic heterocycles. The number of nitrogens with one attached hydrogen (secondary N) is 1. The predicted octanol–water partition coefficient (Wildman–Crippen LogP) is 0.0384. The molecule has 0 spiro atoms. The van der Waals surface area contributed by atoms with Crippen LogP contribution in [0.4, 0.5) is 0 Å². The second kappa shape index (κ2) is 12.6. The summed E-state index contributed by atoms with van der Waals surface area (Å²) in [5.74, 6) is -0.0699.